The van der Waals surface area contributed by atoms with Gasteiger partial charge in [0.2, 0.25) is 5.43 Å². The minimum atomic E-state index is -1.60. The van der Waals surface area contributed by atoms with E-state index in [2.05, 4.69) is 9.64 Å². The van der Waals surface area contributed by atoms with Crippen molar-refractivity contribution in [3.8, 4) is 5.75 Å². The number of carbonyl (C=O) groups is 1. The lowest BCUT2D eigenvalue weighted by Crippen LogP contribution is -2.47. The maximum absolute atomic E-state index is 15.2. The van der Waals surface area contributed by atoms with E-state index in [0.717, 1.165) is 25.5 Å². The van der Waals surface area contributed by atoms with Crippen LogP contribution in [0.5, 0.6) is 5.75 Å². The number of aliphatic hydroxyl groups excluding tert-OH is 1. The Morgan fingerprint density at radius 3 is 2.56 bits per heavy atom. The van der Waals surface area contributed by atoms with Crippen LogP contribution >= 0.6 is 11.6 Å². The van der Waals surface area contributed by atoms with E-state index < -0.39 is 17.4 Å². The number of halogens is 2. The summed E-state index contributed by atoms with van der Waals surface area (Å²) in [5.74, 6) is -0.994. The average Bonchev–Trinajstić information content (AvgIpc) is 3.59. The molecule has 0 unspecified atom stereocenters. The van der Waals surface area contributed by atoms with Crippen LogP contribution in [0.15, 0.2) is 17.1 Å². The quantitative estimate of drug-likeness (QED) is 0.448. The van der Waals surface area contributed by atoms with E-state index >= 15 is 4.39 Å². The first kappa shape index (κ1) is 22.8. The number of nitrogens with zero attached hydrogens (tertiary/aromatic N) is 3. The molecule has 1 saturated carbocycles. The highest BCUT2D eigenvalue weighted by Crippen LogP contribution is 2.42. The predicted molar refractivity (Wildman–Crippen MR) is 117 cm³/mol. The van der Waals surface area contributed by atoms with Crippen molar-refractivity contribution in [2.45, 2.75) is 18.9 Å². The van der Waals surface area contributed by atoms with Gasteiger partial charge in [-0.15, -0.1) is 0 Å². The number of anilines is 1. The van der Waals surface area contributed by atoms with Crippen LogP contribution in [-0.4, -0.2) is 78.4 Å². The molecule has 32 heavy (non-hydrogen) atoms. The molecule has 0 bridgehead atoms. The van der Waals surface area contributed by atoms with E-state index in [1.165, 1.54) is 6.20 Å². The van der Waals surface area contributed by atoms with Crippen molar-refractivity contribution >= 4 is 34.3 Å². The van der Waals surface area contributed by atoms with Crippen LogP contribution in [0, 0.1) is 5.82 Å². The van der Waals surface area contributed by atoms with Gasteiger partial charge >= 0.3 is 6.16 Å². The van der Waals surface area contributed by atoms with Crippen LogP contribution in [0.25, 0.3) is 10.9 Å². The zero-order chi connectivity index (χ0) is 22.8. The number of hydrogen-bond acceptors (Lipinski definition) is 7. The Bertz CT molecular complexity index is 1070. The average molecular weight is 470 g/mol. The largest absolute Gasteiger partial charge is 0.511 e. The molecule has 2 N–H and O–H groups in total. The molecule has 0 spiro atoms. The fourth-order valence-corrected chi connectivity index (χ4v) is 4.47. The lowest BCUT2D eigenvalue weighted by atomic mass is 10.1. The van der Waals surface area contributed by atoms with Crippen LogP contribution in [0.3, 0.4) is 0 Å². The van der Waals surface area contributed by atoms with Gasteiger partial charge in [-0.25, -0.2) is 9.18 Å². The Balaban J connectivity index is 1.63. The standard InChI is InChI=1S/C21H25ClFN3O6/c22-17-18-14(20(28)16(32-21(29)30)12-26(18)13-1-2-13)11-15(23)19(17)25-5-3-24(4-6-25)7-9-31-10-8-27/h11-13,27H,1-10H2,(H,29,30). The van der Waals surface area contributed by atoms with Gasteiger partial charge in [-0.2, -0.15) is 0 Å². The molecule has 174 valence electrons. The number of ether oxygens (including phenoxy) is 2. The molecule has 1 aromatic carbocycles. The minimum absolute atomic E-state index is 0.00145. The molecule has 0 amide bonds. The van der Waals surface area contributed by atoms with Gasteiger partial charge in [0.1, 0.15) is 5.82 Å². The number of pyridine rings is 1. The third-order valence-corrected chi connectivity index (χ3v) is 6.12. The molecule has 2 fully saturated rings. The molecule has 1 aliphatic heterocycles. The lowest BCUT2D eigenvalue weighted by molar-refractivity contribution is 0.0724. The molecule has 4 rings (SSSR count). The zero-order valence-electron chi connectivity index (χ0n) is 17.4. The second kappa shape index (κ2) is 9.62. The van der Waals surface area contributed by atoms with Crippen molar-refractivity contribution in [3.05, 3.63) is 33.3 Å². The highest BCUT2D eigenvalue weighted by molar-refractivity contribution is 6.38. The number of rotatable bonds is 8. The third kappa shape index (κ3) is 4.68. The lowest BCUT2D eigenvalue weighted by Gasteiger charge is -2.36. The Morgan fingerprint density at radius 2 is 1.94 bits per heavy atom. The fourth-order valence-electron chi connectivity index (χ4n) is 4.06. The molecule has 0 atom stereocenters. The number of fused-ring (bicyclic) bond motifs is 1. The summed E-state index contributed by atoms with van der Waals surface area (Å²) in [5.41, 5.74) is -0.0662. The van der Waals surface area contributed by atoms with Crippen LogP contribution in [0.1, 0.15) is 18.9 Å². The SMILES string of the molecule is O=C(O)Oc1cn(C2CC2)c2c(Cl)c(N3CCN(CCOCCO)CC3)c(F)cc2c1=O. The smallest absolute Gasteiger partial charge is 0.449 e. The number of aliphatic hydroxyl groups is 1. The van der Waals surface area contributed by atoms with Crippen LogP contribution in [0.4, 0.5) is 14.9 Å². The van der Waals surface area contributed by atoms with E-state index in [0.29, 0.717) is 44.9 Å². The predicted octanol–water partition coefficient (Wildman–Crippen LogP) is 2.32. The van der Waals surface area contributed by atoms with E-state index in [9.17, 15) is 9.59 Å². The van der Waals surface area contributed by atoms with Gasteiger partial charge in [-0.1, -0.05) is 11.6 Å². The number of benzene rings is 1. The van der Waals surface area contributed by atoms with Crippen molar-refractivity contribution in [2.75, 3.05) is 57.4 Å². The maximum Gasteiger partial charge on any atom is 0.511 e. The van der Waals surface area contributed by atoms with Gasteiger partial charge in [-0.05, 0) is 18.9 Å². The third-order valence-electron chi connectivity index (χ3n) is 5.76. The van der Waals surface area contributed by atoms with Crippen molar-refractivity contribution in [1.29, 1.82) is 0 Å². The number of carboxylic acid groups (broad SMARTS) is 1. The van der Waals surface area contributed by atoms with E-state index in [1.807, 2.05) is 4.90 Å². The maximum atomic E-state index is 15.2. The molecule has 2 aliphatic rings. The molecule has 9 nitrogen and oxygen atoms in total. The van der Waals surface area contributed by atoms with Crippen molar-refractivity contribution in [2.24, 2.45) is 0 Å². The summed E-state index contributed by atoms with van der Waals surface area (Å²) in [6, 6.07) is 1.18. The molecule has 1 aromatic heterocycles. The summed E-state index contributed by atoms with van der Waals surface area (Å²) in [4.78, 5) is 27.8. The van der Waals surface area contributed by atoms with Gasteiger partial charge in [0.15, 0.2) is 5.75 Å². The van der Waals surface area contributed by atoms with Gasteiger partial charge in [0, 0.05) is 38.8 Å². The molecular weight excluding hydrogens is 445 g/mol. The fraction of sp³-hybridized carbons (Fsp3) is 0.524. The molecule has 1 saturated heterocycles. The summed E-state index contributed by atoms with van der Waals surface area (Å²) in [7, 11) is 0. The van der Waals surface area contributed by atoms with Crippen LogP contribution in [0.2, 0.25) is 5.02 Å². The first-order chi connectivity index (χ1) is 15.4. The Morgan fingerprint density at radius 1 is 1.22 bits per heavy atom. The normalized spacial score (nSPS) is 17.2. The molecule has 0 radical (unpaired) electrons. The Hall–Kier alpha value is -2.40. The van der Waals surface area contributed by atoms with Crippen LogP contribution in [-0.2, 0) is 4.74 Å². The van der Waals surface area contributed by atoms with Gasteiger partial charge in [0.05, 0.1) is 47.6 Å². The number of piperazine rings is 1. The minimum Gasteiger partial charge on any atom is -0.449 e. The van der Waals surface area contributed by atoms with Gasteiger partial charge in [-0.3, -0.25) is 9.69 Å². The van der Waals surface area contributed by atoms with Crippen LogP contribution < -0.4 is 15.1 Å². The zero-order valence-corrected chi connectivity index (χ0v) is 18.2. The summed E-state index contributed by atoms with van der Waals surface area (Å²) in [5, 5.41) is 17.9. The second-order valence-electron chi connectivity index (χ2n) is 7.91. The molecule has 2 aromatic rings. The van der Waals surface area contributed by atoms with Gasteiger partial charge < -0.3 is 29.2 Å². The summed E-state index contributed by atoms with van der Waals surface area (Å²) in [6.07, 6.45) is 1.45. The first-order valence-electron chi connectivity index (χ1n) is 10.5. The van der Waals surface area contributed by atoms with Crippen molar-refractivity contribution < 1.29 is 28.9 Å². The summed E-state index contributed by atoms with van der Waals surface area (Å²) < 4.78 is 26.9. The summed E-state index contributed by atoms with van der Waals surface area (Å²) >= 11 is 6.69. The molecule has 11 heteroatoms. The number of aromatic nitrogens is 1. The highest BCUT2D eigenvalue weighted by atomic mass is 35.5. The van der Waals surface area contributed by atoms with E-state index in [4.69, 9.17) is 26.6 Å². The Kier molecular flexibility index (Phi) is 6.85. The molecular formula is C21H25ClFN3O6. The monoisotopic (exact) mass is 469 g/mol. The molecule has 2 heterocycles. The first-order valence-corrected chi connectivity index (χ1v) is 10.9. The van der Waals surface area contributed by atoms with E-state index in [1.54, 1.807) is 4.57 Å². The topological polar surface area (TPSA) is 104 Å². The van der Waals surface area contributed by atoms with Crippen molar-refractivity contribution in [3.63, 3.8) is 0 Å². The van der Waals surface area contributed by atoms with E-state index in [-0.39, 0.29) is 34.5 Å². The van der Waals surface area contributed by atoms with Crippen molar-refractivity contribution in [1.82, 2.24) is 9.47 Å². The number of hydrogen-bond donors (Lipinski definition) is 2. The van der Waals surface area contributed by atoms with Gasteiger partial charge in [0.25, 0.3) is 0 Å². The molecule has 1 aliphatic carbocycles. The Labute approximate surface area is 188 Å². The second-order valence-corrected chi connectivity index (χ2v) is 8.29. The summed E-state index contributed by atoms with van der Waals surface area (Å²) in [6.45, 7) is 4.01. The highest BCUT2D eigenvalue weighted by Gasteiger charge is 2.30.